The van der Waals surface area contributed by atoms with Gasteiger partial charge in [0.2, 0.25) is 0 Å². The molecule has 0 saturated carbocycles. The molecule has 4 aromatic heterocycles. The van der Waals surface area contributed by atoms with Crippen molar-refractivity contribution in [2.45, 2.75) is 0 Å². The minimum Gasteiger partial charge on any atom is -0.323 e. The van der Waals surface area contributed by atoms with Crippen molar-refractivity contribution in [1.29, 1.82) is 0 Å². The Kier molecular flexibility index (Phi) is 3.57. The molecule has 4 heterocycles. The van der Waals surface area contributed by atoms with Gasteiger partial charge in [-0.2, -0.15) is 5.10 Å². The molecule has 0 aliphatic heterocycles. The lowest BCUT2D eigenvalue weighted by Gasteiger charge is -2.03. The number of pyridine rings is 2. The summed E-state index contributed by atoms with van der Waals surface area (Å²) < 4.78 is 15.9. The zero-order valence-corrected chi connectivity index (χ0v) is 13.6. The predicted molar refractivity (Wildman–Crippen MR) is 92.8 cm³/mol. The van der Waals surface area contributed by atoms with E-state index in [9.17, 15) is 4.39 Å². The molecular weight excluding hydrogens is 321 g/mol. The van der Waals surface area contributed by atoms with Gasteiger partial charge in [0, 0.05) is 50.0 Å². The number of hydrogen-bond donors (Lipinski definition) is 1. The smallest absolute Gasteiger partial charge is 0.158 e. The Labute approximate surface area is 142 Å². The Bertz CT molecular complexity index is 1090. The summed E-state index contributed by atoms with van der Waals surface area (Å²) in [7, 11) is 3.41. The molecule has 0 radical (unpaired) electrons. The van der Waals surface area contributed by atoms with E-state index in [1.54, 1.807) is 36.4 Å². The molecule has 0 unspecified atom stereocenters. The number of H-pyrrole nitrogens is 1. The second-order valence-electron chi connectivity index (χ2n) is 5.52. The molecule has 4 aromatic rings. The average Bonchev–Trinajstić information content (AvgIpc) is 3.22. The van der Waals surface area contributed by atoms with Crippen molar-refractivity contribution in [3.8, 4) is 22.5 Å². The third-order valence-electron chi connectivity index (χ3n) is 3.80. The molecule has 0 amide bonds. The maximum absolute atomic E-state index is 14.2. The van der Waals surface area contributed by atoms with Crippen LogP contribution in [0.2, 0.25) is 0 Å². The monoisotopic (exact) mass is 335 g/mol. The summed E-state index contributed by atoms with van der Waals surface area (Å²) in [5.41, 5.74) is 3.71. The SMILES string of the molecule is C/N=C/c1ncc(-c2ccnc3[nH]c(-c4cnn(C)c4)nc23)cc1F. The molecule has 124 valence electrons. The number of aromatic amines is 1. The van der Waals surface area contributed by atoms with Gasteiger partial charge in [0.05, 0.1) is 11.8 Å². The minimum atomic E-state index is -0.434. The lowest BCUT2D eigenvalue weighted by Crippen LogP contribution is -1.95. The summed E-state index contributed by atoms with van der Waals surface area (Å²) in [4.78, 5) is 20.0. The first kappa shape index (κ1) is 15.1. The fourth-order valence-electron chi connectivity index (χ4n) is 2.64. The third-order valence-corrected chi connectivity index (χ3v) is 3.80. The number of hydrogen-bond acceptors (Lipinski definition) is 5. The Morgan fingerprint density at radius 2 is 2.12 bits per heavy atom. The summed E-state index contributed by atoms with van der Waals surface area (Å²) in [5.74, 6) is 0.224. The Hall–Kier alpha value is -3.42. The predicted octanol–water partition coefficient (Wildman–Crippen LogP) is 2.61. The van der Waals surface area contributed by atoms with Crippen LogP contribution in [0.15, 0.2) is 41.9 Å². The molecule has 0 aliphatic carbocycles. The maximum atomic E-state index is 14.2. The van der Waals surface area contributed by atoms with Crippen molar-refractivity contribution in [1.82, 2.24) is 29.7 Å². The fraction of sp³-hybridized carbons (Fsp3) is 0.118. The second-order valence-corrected chi connectivity index (χ2v) is 5.52. The van der Waals surface area contributed by atoms with E-state index in [0.29, 0.717) is 22.6 Å². The van der Waals surface area contributed by atoms with Crippen LogP contribution >= 0.6 is 0 Å². The van der Waals surface area contributed by atoms with Gasteiger partial charge in [-0.25, -0.2) is 14.4 Å². The van der Waals surface area contributed by atoms with Crippen LogP contribution in [0.3, 0.4) is 0 Å². The van der Waals surface area contributed by atoms with E-state index in [4.69, 9.17) is 0 Å². The Balaban J connectivity index is 1.85. The Morgan fingerprint density at radius 1 is 1.24 bits per heavy atom. The van der Waals surface area contributed by atoms with Gasteiger partial charge < -0.3 is 4.98 Å². The summed E-state index contributed by atoms with van der Waals surface area (Å²) >= 11 is 0. The first-order chi connectivity index (χ1) is 12.2. The van der Waals surface area contributed by atoms with E-state index < -0.39 is 5.82 Å². The summed E-state index contributed by atoms with van der Waals surface area (Å²) in [6.45, 7) is 0. The molecule has 8 heteroatoms. The van der Waals surface area contributed by atoms with E-state index in [1.165, 1.54) is 12.3 Å². The van der Waals surface area contributed by atoms with Crippen molar-refractivity contribution >= 4 is 17.4 Å². The van der Waals surface area contributed by atoms with E-state index in [-0.39, 0.29) is 5.69 Å². The van der Waals surface area contributed by atoms with E-state index in [2.05, 4.69) is 30.0 Å². The number of aryl methyl sites for hydroxylation is 1. The molecule has 0 fully saturated rings. The zero-order valence-electron chi connectivity index (χ0n) is 13.6. The largest absolute Gasteiger partial charge is 0.323 e. The van der Waals surface area contributed by atoms with Crippen LogP contribution in [0, 0.1) is 5.82 Å². The van der Waals surface area contributed by atoms with E-state index >= 15 is 0 Å². The number of fused-ring (bicyclic) bond motifs is 1. The number of aliphatic imine (C=N–C) groups is 1. The van der Waals surface area contributed by atoms with Crippen molar-refractivity contribution in [2.24, 2.45) is 12.0 Å². The molecule has 0 spiro atoms. The number of halogens is 1. The summed E-state index contributed by atoms with van der Waals surface area (Å²) in [5, 5.41) is 4.15. The topological polar surface area (TPSA) is 84.6 Å². The van der Waals surface area contributed by atoms with Gasteiger partial charge >= 0.3 is 0 Å². The maximum Gasteiger partial charge on any atom is 0.158 e. The lowest BCUT2D eigenvalue weighted by atomic mass is 10.1. The third kappa shape index (κ3) is 2.67. The quantitative estimate of drug-likeness (QED) is 0.583. The normalized spacial score (nSPS) is 11.6. The van der Waals surface area contributed by atoms with Crippen molar-refractivity contribution in [2.75, 3.05) is 7.05 Å². The van der Waals surface area contributed by atoms with Crippen LogP contribution < -0.4 is 0 Å². The van der Waals surface area contributed by atoms with Crippen molar-refractivity contribution in [3.63, 3.8) is 0 Å². The van der Waals surface area contributed by atoms with Gasteiger partial charge in [-0.15, -0.1) is 0 Å². The molecule has 1 N–H and O–H groups in total. The molecule has 0 bridgehead atoms. The molecule has 0 aromatic carbocycles. The number of nitrogens with one attached hydrogen (secondary N) is 1. The van der Waals surface area contributed by atoms with Gasteiger partial charge in [0.15, 0.2) is 11.5 Å². The van der Waals surface area contributed by atoms with Crippen LogP contribution in [-0.2, 0) is 7.05 Å². The number of imidazole rings is 1. The highest BCUT2D eigenvalue weighted by atomic mass is 19.1. The molecule has 25 heavy (non-hydrogen) atoms. The van der Waals surface area contributed by atoms with Gasteiger partial charge in [-0.1, -0.05) is 0 Å². The standard InChI is InChI=1S/C17H14FN7/c1-19-8-14-13(18)5-10(6-21-14)12-3-4-20-17-15(12)23-16(24-17)11-7-22-25(2)9-11/h3-9H,1-2H3,(H,20,23,24)/b19-8+. The van der Waals surface area contributed by atoms with E-state index in [1.807, 2.05) is 13.2 Å². The highest BCUT2D eigenvalue weighted by Gasteiger charge is 2.14. The zero-order chi connectivity index (χ0) is 17.4. The molecule has 4 rings (SSSR count). The molecule has 7 nitrogen and oxygen atoms in total. The van der Waals surface area contributed by atoms with Crippen LogP contribution in [0.5, 0.6) is 0 Å². The lowest BCUT2D eigenvalue weighted by molar-refractivity contribution is 0.619. The van der Waals surface area contributed by atoms with Gasteiger partial charge in [0.25, 0.3) is 0 Å². The average molecular weight is 335 g/mol. The van der Waals surface area contributed by atoms with Crippen LogP contribution in [0.4, 0.5) is 4.39 Å². The molecule has 0 saturated heterocycles. The van der Waals surface area contributed by atoms with Crippen molar-refractivity contribution in [3.05, 3.63) is 48.4 Å². The minimum absolute atomic E-state index is 0.203. The van der Waals surface area contributed by atoms with Gasteiger partial charge in [-0.3, -0.25) is 14.7 Å². The molecule has 0 atom stereocenters. The van der Waals surface area contributed by atoms with Gasteiger partial charge in [0.1, 0.15) is 17.0 Å². The van der Waals surface area contributed by atoms with Gasteiger partial charge in [-0.05, 0) is 12.1 Å². The van der Waals surface area contributed by atoms with Crippen molar-refractivity contribution < 1.29 is 4.39 Å². The first-order valence-electron chi connectivity index (χ1n) is 7.57. The van der Waals surface area contributed by atoms with Crippen LogP contribution in [0.25, 0.3) is 33.7 Å². The van der Waals surface area contributed by atoms with Crippen LogP contribution in [0.1, 0.15) is 5.69 Å². The fourth-order valence-corrected chi connectivity index (χ4v) is 2.64. The first-order valence-corrected chi connectivity index (χ1v) is 7.57. The number of nitrogens with zero attached hydrogens (tertiary/aromatic N) is 6. The number of aromatic nitrogens is 6. The Morgan fingerprint density at radius 3 is 2.84 bits per heavy atom. The second kappa shape index (κ2) is 5.90. The van der Waals surface area contributed by atoms with Crippen LogP contribution in [-0.4, -0.2) is 43.0 Å². The van der Waals surface area contributed by atoms with E-state index in [0.717, 1.165) is 11.1 Å². The summed E-state index contributed by atoms with van der Waals surface area (Å²) in [6.07, 6.45) is 8.22. The molecular formula is C17H14FN7. The number of rotatable bonds is 3. The molecule has 0 aliphatic rings. The highest BCUT2D eigenvalue weighted by Crippen LogP contribution is 2.28. The summed E-state index contributed by atoms with van der Waals surface area (Å²) in [6, 6.07) is 3.22. The highest BCUT2D eigenvalue weighted by molar-refractivity contribution is 5.91.